The Morgan fingerprint density at radius 2 is 1.72 bits per heavy atom. The first-order chi connectivity index (χ1) is 11.8. The zero-order valence-electron chi connectivity index (χ0n) is 16.3. The fraction of sp³-hybridized carbons (Fsp3) is 0.600. The summed E-state index contributed by atoms with van der Waals surface area (Å²) in [5, 5.41) is 5.96. The first-order valence-electron chi connectivity index (χ1n) is 9.14. The van der Waals surface area contributed by atoms with E-state index in [9.17, 15) is 9.59 Å². The van der Waals surface area contributed by atoms with Gasteiger partial charge >= 0.3 is 0 Å². The number of unbranched alkanes of at least 4 members (excludes halogenated alkanes) is 1. The summed E-state index contributed by atoms with van der Waals surface area (Å²) in [6.45, 7) is 6.70. The van der Waals surface area contributed by atoms with Crippen molar-refractivity contribution in [2.45, 2.75) is 46.1 Å². The fourth-order valence-electron chi connectivity index (χ4n) is 2.61. The number of hydrogen-bond acceptors (Lipinski definition) is 3. The van der Waals surface area contributed by atoms with Crippen molar-refractivity contribution >= 4 is 11.8 Å². The average Bonchev–Trinajstić information content (AvgIpc) is 2.58. The van der Waals surface area contributed by atoms with Crippen LogP contribution in [0.3, 0.4) is 0 Å². The largest absolute Gasteiger partial charge is 0.347 e. The Kier molecular flexibility index (Phi) is 9.21. The van der Waals surface area contributed by atoms with E-state index in [1.54, 1.807) is 14.1 Å². The summed E-state index contributed by atoms with van der Waals surface area (Å²) in [5.41, 5.74) is 2.54. The molecule has 5 heteroatoms. The van der Waals surface area contributed by atoms with Crippen LogP contribution in [0.1, 0.15) is 50.8 Å². The predicted octanol–water partition coefficient (Wildman–Crippen LogP) is 2.52. The molecule has 0 aliphatic rings. The Morgan fingerprint density at radius 3 is 2.24 bits per heavy atom. The van der Waals surface area contributed by atoms with Crippen LogP contribution in [0.5, 0.6) is 0 Å². The molecule has 0 aromatic heterocycles. The van der Waals surface area contributed by atoms with Crippen LogP contribution in [-0.2, 0) is 16.0 Å². The van der Waals surface area contributed by atoms with Crippen molar-refractivity contribution < 1.29 is 9.59 Å². The molecule has 1 rings (SSSR count). The molecule has 0 radical (unpaired) electrons. The van der Waals surface area contributed by atoms with Crippen molar-refractivity contribution in [3.05, 3.63) is 35.4 Å². The lowest BCUT2D eigenvalue weighted by molar-refractivity contribution is -0.130. The first kappa shape index (κ1) is 21.2. The van der Waals surface area contributed by atoms with Crippen LogP contribution in [0.2, 0.25) is 0 Å². The molecule has 0 aliphatic carbocycles. The fourth-order valence-corrected chi connectivity index (χ4v) is 2.61. The van der Waals surface area contributed by atoms with Crippen LogP contribution in [0.4, 0.5) is 0 Å². The Bertz CT molecular complexity index is 538. The van der Waals surface area contributed by atoms with Crippen LogP contribution >= 0.6 is 0 Å². The molecule has 0 bridgehead atoms. The number of rotatable bonds is 10. The summed E-state index contributed by atoms with van der Waals surface area (Å²) in [4.78, 5) is 24.9. The smallest absolute Gasteiger partial charge is 0.241 e. The van der Waals surface area contributed by atoms with Gasteiger partial charge in [-0.1, -0.05) is 51.5 Å². The molecule has 0 aliphatic heterocycles. The molecular weight excluding hydrogens is 314 g/mol. The molecule has 0 fully saturated rings. The van der Waals surface area contributed by atoms with Gasteiger partial charge in [-0.2, -0.15) is 0 Å². The molecular formula is C20H33N3O2. The van der Waals surface area contributed by atoms with Crippen LogP contribution in [0, 0.1) is 5.92 Å². The number of benzene rings is 1. The van der Waals surface area contributed by atoms with Crippen molar-refractivity contribution in [1.82, 2.24) is 15.5 Å². The van der Waals surface area contributed by atoms with Gasteiger partial charge in [0.15, 0.2) is 0 Å². The summed E-state index contributed by atoms with van der Waals surface area (Å²) in [6, 6.07) is 8.76. The van der Waals surface area contributed by atoms with Crippen molar-refractivity contribution in [1.29, 1.82) is 0 Å². The number of hydrogen-bond donors (Lipinski definition) is 2. The van der Waals surface area contributed by atoms with Crippen LogP contribution < -0.4 is 10.6 Å². The Hall–Kier alpha value is -1.88. The van der Waals surface area contributed by atoms with E-state index >= 15 is 0 Å². The van der Waals surface area contributed by atoms with E-state index in [0.717, 1.165) is 6.42 Å². The van der Waals surface area contributed by atoms with Crippen LogP contribution in [-0.4, -0.2) is 43.9 Å². The first-order valence-corrected chi connectivity index (χ1v) is 9.14. The zero-order chi connectivity index (χ0) is 18.8. The van der Waals surface area contributed by atoms with Gasteiger partial charge in [0.2, 0.25) is 11.8 Å². The summed E-state index contributed by atoms with van der Waals surface area (Å²) >= 11 is 0. The number of amides is 2. The lowest BCUT2D eigenvalue weighted by Crippen LogP contribution is -2.41. The maximum atomic E-state index is 12.0. The predicted molar refractivity (Wildman–Crippen MR) is 102 cm³/mol. The summed E-state index contributed by atoms with van der Waals surface area (Å²) < 4.78 is 0. The van der Waals surface area contributed by atoms with E-state index in [1.807, 2.05) is 0 Å². The lowest BCUT2D eigenvalue weighted by Gasteiger charge is -2.23. The van der Waals surface area contributed by atoms with Crippen molar-refractivity contribution in [2.75, 3.05) is 27.2 Å². The van der Waals surface area contributed by atoms with Gasteiger partial charge in [-0.15, -0.1) is 0 Å². The zero-order valence-corrected chi connectivity index (χ0v) is 16.3. The highest BCUT2D eigenvalue weighted by Crippen LogP contribution is 2.22. The molecule has 0 saturated carbocycles. The summed E-state index contributed by atoms with van der Waals surface area (Å²) in [7, 11) is 3.34. The quantitative estimate of drug-likeness (QED) is 0.684. The van der Waals surface area contributed by atoms with Gasteiger partial charge in [0, 0.05) is 20.1 Å². The van der Waals surface area contributed by atoms with Gasteiger partial charge in [-0.3, -0.25) is 9.59 Å². The molecule has 0 heterocycles. The summed E-state index contributed by atoms with van der Waals surface area (Å²) in [5.74, 6) is 0.0783. The third-order valence-corrected chi connectivity index (χ3v) is 4.24. The van der Waals surface area contributed by atoms with Crippen molar-refractivity contribution in [3.63, 3.8) is 0 Å². The molecule has 2 N–H and O–H groups in total. The van der Waals surface area contributed by atoms with Gasteiger partial charge in [0.25, 0.3) is 0 Å². The molecule has 0 saturated heterocycles. The molecule has 1 aromatic carbocycles. The number of carbonyl (C=O) groups excluding carboxylic acids is 2. The molecule has 0 spiro atoms. The highest BCUT2D eigenvalue weighted by Gasteiger charge is 2.17. The number of aryl methyl sites for hydroxylation is 1. The average molecular weight is 348 g/mol. The Morgan fingerprint density at radius 1 is 1.08 bits per heavy atom. The summed E-state index contributed by atoms with van der Waals surface area (Å²) in [6.07, 6.45) is 3.51. The molecule has 0 unspecified atom stereocenters. The van der Waals surface area contributed by atoms with Gasteiger partial charge in [0.1, 0.15) is 0 Å². The molecule has 2 amide bonds. The van der Waals surface area contributed by atoms with Gasteiger partial charge in [-0.05, 0) is 29.9 Å². The van der Waals surface area contributed by atoms with E-state index in [4.69, 9.17) is 0 Å². The molecule has 25 heavy (non-hydrogen) atoms. The van der Waals surface area contributed by atoms with Crippen LogP contribution in [0.25, 0.3) is 0 Å². The van der Waals surface area contributed by atoms with Gasteiger partial charge in [-0.25, -0.2) is 0 Å². The standard InChI is InChI=1S/C20H33N3O2/c1-6-7-8-16-9-11-17(12-10-16)20(15(2)3)22-13-18(24)21-14-19(25)23(4)5/h9-12,15,20,22H,6-8,13-14H2,1-5H3,(H,21,24)/t20-/m1/s1. The van der Waals surface area contributed by atoms with Gasteiger partial charge < -0.3 is 15.5 Å². The van der Waals surface area contributed by atoms with E-state index in [-0.39, 0.29) is 30.9 Å². The molecule has 5 nitrogen and oxygen atoms in total. The third-order valence-electron chi connectivity index (χ3n) is 4.24. The number of carbonyl (C=O) groups is 2. The topological polar surface area (TPSA) is 61.4 Å². The maximum Gasteiger partial charge on any atom is 0.241 e. The van der Waals surface area contributed by atoms with E-state index in [0.29, 0.717) is 5.92 Å². The maximum absolute atomic E-state index is 12.0. The minimum absolute atomic E-state index is 0.0337. The van der Waals surface area contributed by atoms with E-state index in [2.05, 4.69) is 55.7 Å². The Balaban J connectivity index is 2.56. The second kappa shape index (κ2) is 10.9. The SMILES string of the molecule is CCCCc1ccc([C@H](NCC(=O)NCC(=O)N(C)C)C(C)C)cc1. The van der Waals surface area contributed by atoms with Crippen LogP contribution in [0.15, 0.2) is 24.3 Å². The molecule has 1 atom stereocenters. The monoisotopic (exact) mass is 347 g/mol. The molecule has 1 aromatic rings. The number of nitrogens with zero attached hydrogens (tertiary/aromatic N) is 1. The number of likely N-dealkylation sites (N-methyl/N-ethyl adjacent to an activating group) is 1. The van der Waals surface area contributed by atoms with E-state index in [1.165, 1.54) is 28.9 Å². The van der Waals surface area contributed by atoms with Gasteiger partial charge in [0.05, 0.1) is 13.1 Å². The van der Waals surface area contributed by atoms with Crippen molar-refractivity contribution in [2.24, 2.45) is 5.92 Å². The highest BCUT2D eigenvalue weighted by atomic mass is 16.2. The Labute approximate surface area is 152 Å². The molecule has 140 valence electrons. The van der Waals surface area contributed by atoms with E-state index < -0.39 is 0 Å². The minimum atomic E-state index is -0.166. The normalized spacial score (nSPS) is 12.1. The minimum Gasteiger partial charge on any atom is -0.347 e. The lowest BCUT2D eigenvalue weighted by atomic mass is 9.94. The number of nitrogens with one attached hydrogen (secondary N) is 2. The highest BCUT2D eigenvalue weighted by molar-refractivity contribution is 5.85. The second-order valence-corrected chi connectivity index (χ2v) is 7.01. The second-order valence-electron chi connectivity index (χ2n) is 7.01. The van der Waals surface area contributed by atoms with Crippen molar-refractivity contribution in [3.8, 4) is 0 Å². The third kappa shape index (κ3) is 7.69.